The first kappa shape index (κ1) is 16.9. The van der Waals surface area contributed by atoms with Crippen molar-refractivity contribution >= 4 is 5.91 Å². The molecule has 5 nitrogen and oxygen atoms in total. The molecule has 0 aromatic heterocycles. The SMILES string of the molecule is N#Cc1cc(F)ccc1CN1CCC([C@@H](O)C(=O)NC2CC2)CC1. The highest BCUT2D eigenvalue weighted by Crippen LogP contribution is 2.25. The zero-order chi connectivity index (χ0) is 17.1. The zero-order valence-electron chi connectivity index (χ0n) is 13.5. The molecule has 0 unspecified atom stereocenters. The Morgan fingerprint density at radius 2 is 2.08 bits per heavy atom. The van der Waals surface area contributed by atoms with Gasteiger partial charge in [-0.05, 0) is 62.4 Å². The fourth-order valence-electron chi connectivity index (χ4n) is 3.19. The van der Waals surface area contributed by atoms with Crippen LogP contribution in [0.5, 0.6) is 0 Å². The molecule has 1 atom stereocenters. The summed E-state index contributed by atoms with van der Waals surface area (Å²) in [4.78, 5) is 14.1. The van der Waals surface area contributed by atoms with Gasteiger partial charge in [0.2, 0.25) is 5.91 Å². The molecule has 1 aliphatic heterocycles. The molecular weight excluding hydrogens is 309 g/mol. The third-order valence-electron chi connectivity index (χ3n) is 4.86. The van der Waals surface area contributed by atoms with E-state index in [1.807, 2.05) is 6.07 Å². The lowest BCUT2D eigenvalue weighted by atomic mass is 9.90. The van der Waals surface area contributed by atoms with Gasteiger partial charge in [0, 0.05) is 12.6 Å². The van der Waals surface area contributed by atoms with Crippen molar-refractivity contribution in [3.05, 3.63) is 35.1 Å². The molecule has 1 aliphatic carbocycles. The second kappa shape index (κ2) is 7.29. The Balaban J connectivity index is 1.51. The molecule has 1 saturated heterocycles. The third kappa shape index (κ3) is 4.11. The minimum atomic E-state index is -0.937. The first-order valence-corrected chi connectivity index (χ1v) is 8.46. The normalized spacial score (nSPS) is 20.4. The number of carbonyl (C=O) groups excluding carboxylic acids is 1. The second-order valence-electron chi connectivity index (χ2n) is 6.75. The summed E-state index contributed by atoms with van der Waals surface area (Å²) in [5.74, 6) is -0.677. The van der Waals surface area contributed by atoms with Crippen molar-refractivity contribution in [2.75, 3.05) is 13.1 Å². The molecule has 2 N–H and O–H groups in total. The van der Waals surface area contributed by atoms with Crippen LogP contribution in [0.4, 0.5) is 4.39 Å². The fraction of sp³-hybridized carbons (Fsp3) is 0.556. The number of nitrogens with one attached hydrogen (secondary N) is 1. The van der Waals surface area contributed by atoms with Crippen molar-refractivity contribution in [2.24, 2.45) is 5.92 Å². The van der Waals surface area contributed by atoms with E-state index >= 15 is 0 Å². The van der Waals surface area contributed by atoms with Gasteiger partial charge in [0.25, 0.3) is 0 Å². The van der Waals surface area contributed by atoms with Gasteiger partial charge in [0.05, 0.1) is 11.6 Å². The van der Waals surface area contributed by atoms with Crippen molar-refractivity contribution in [1.29, 1.82) is 5.26 Å². The highest BCUT2D eigenvalue weighted by molar-refractivity contribution is 5.81. The van der Waals surface area contributed by atoms with Gasteiger partial charge in [-0.15, -0.1) is 0 Å². The van der Waals surface area contributed by atoms with Crippen LogP contribution in [0, 0.1) is 23.1 Å². The van der Waals surface area contributed by atoms with E-state index in [2.05, 4.69) is 10.2 Å². The number of rotatable bonds is 5. The summed E-state index contributed by atoms with van der Waals surface area (Å²) in [6.07, 6.45) is 2.56. The molecule has 1 heterocycles. The molecule has 2 fully saturated rings. The first-order chi connectivity index (χ1) is 11.6. The molecule has 0 radical (unpaired) electrons. The number of carbonyl (C=O) groups is 1. The van der Waals surface area contributed by atoms with Gasteiger partial charge in [-0.1, -0.05) is 6.07 Å². The molecule has 1 amide bonds. The third-order valence-corrected chi connectivity index (χ3v) is 4.86. The molecular formula is C18H22FN3O2. The monoisotopic (exact) mass is 331 g/mol. The molecule has 128 valence electrons. The summed E-state index contributed by atoms with van der Waals surface area (Å²) >= 11 is 0. The molecule has 0 spiro atoms. The molecule has 1 aromatic rings. The van der Waals surface area contributed by atoms with Crippen LogP contribution in [0.2, 0.25) is 0 Å². The number of amides is 1. The van der Waals surface area contributed by atoms with E-state index < -0.39 is 11.9 Å². The number of benzene rings is 1. The first-order valence-electron chi connectivity index (χ1n) is 8.46. The lowest BCUT2D eigenvalue weighted by Crippen LogP contribution is -2.45. The Kier molecular flexibility index (Phi) is 5.12. The standard InChI is InChI=1S/C18H22FN3O2/c19-15-2-1-13(14(9-15)10-20)11-22-7-5-12(6-8-22)17(23)18(24)21-16-3-4-16/h1-2,9,12,16-17,23H,3-8,11H2,(H,21,24)/t17-/m1/s1. The maximum atomic E-state index is 13.2. The molecule has 1 aromatic carbocycles. The van der Waals surface area contributed by atoms with E-state index in [1.54, 1.807) is 6.07 Å². The van der Waals surface area contributed by atoms with Crippen LogP contribution in [0.25, 0.3) is 0 Å². The van der Waals surface area contributed by atoms with Crippen LogP contribution < -0.4 is 5.32 Å². The molecule has 6 heteroatoms. The highest BCUT2D eigenvalue weighted by Gasteiger charge is 2.33. The molecule has 0 bridgehead atoms. The number of aliphatic hydroxyl groups excluding tert-OH is 1. The average molecular weight is 331 g/mol. The van der Waals surface area contributed by atoms with E-state index in [0.717, 1.165) is 44.3 Å². The van der Waals surface area contributed by atoms with Crippen molar-refractivity contribution < 1.29 is 14.3 Å². The highest BCUT2D eigenvalue weighted by atomic mass is 19.1. The van der Waals surface area contributed by atoms with E-state index in [0.29, 0.717) is 12.1 Å². The lowest BCUT2D eigenvalue weighted by molar-refractivity contribution is -0.133. The van der Waals surface area contributed by atoms with Crippen molar-refractivity contribution in [1.82, 2.24) is 10.2 Å². The van der Waals surface area contributed by atoms with E-state index in [9.17, 15) is 14.3 Å². The van der Waals surface area contributed by atoms with Crippen molar-refractivity contribution in [3.63, 3.8) is 0 Å². The number of nitriles is 1. The lowest BCUT2D eigenvalue weighted by Gasteiger charge is -2.33. The van der Waals surface area contributed by atoms with E-state index in [-0.39, 0.29) is 17.9 Å². The summed E-state index contributed by atoms with van der Waals surface area (Å²) in [7, 11) is 0. The van der Waals surface area contributed by atoms with Gasteiger partial charge in [-0.25, -0.2) is 4.39 Å². The van der Waals surface area contributed by atoms with Gasteiger partial charge in [-0.3, -0.25) is 9.69 Å². The number of halogens is 1. The summed E-state index contributed by atoms with van der Waals surface area (Å²) in [5.41, 5.74) is 1.17. The van der Waals surface area contributed by atoms with Crippen molar-refractivity contribution in [3.8, 4) is 6.07 Å². The zero-order valence-corrected chi connectivity index (χ0v) is 13.5. The predicted octanol–water partition coefficient (Wildman–Crippen LogP) is 1.55. The molecule has 2 aliphatic rings. The Morgan fingerprint density at radius 3 is 2.71 bits per heavy atom. The quantitative estimate of drug-likeness (QED) is 0.858. The Bertz CT molecular complexity index is 646. The maximum Gasteiger partial charge on any atom is 0.249 e. The number of piperidine rings is 1. The van der Waals surface area contributed by atoms with Gasteiger partial charge in [-0.2, -0.15) is 5.26 Å². The Labute approximate surface area is 141 Å². The number of likely N-dealkylation sites (tertiary alicyclic amines) is 1. The van der Waals surface area contributed by atoms with Gasteiger partial charge >= 0.3 is 0 Å². The fourth-order valence-corrected chi connectivity index (χ4v) is 3.19. The smallest absolute Gasteiger partial charge is 0.249 e. The van der Waals surface area contributed by atoms with Crippen LogP contribution >= 0.6 is 0 Å². The van der Waals surface area contributed by atoms with Crippen LogP contribution in [0.1, 0.15) is 36.8 Å². The molecule has 3 rings (SSSR count). The number of hydrogen-bond donors (Lipinski definition) is 2. The Morgan fingerprint density at radius 1 is 1.38 bits per heavy atom. The van der Waals surface area contributed by atoms with Crippen LogP contribution in [0.15, 0.2) is 18.2 Å². The summed E-state index contributed by atoms with van der Waals surface area (Å²) in [6.45, 7) is 2.08. The summed E-state index contributed by atoms with van der Waals surface area (Å²) in [6, 6.07) is 6.57. The topological polar surface area (TPSA) is 76.4 Å². The van der Waals surface area contributed by atoms with Crippen LogP contribution in [0.3, 0.4) is 0 Å². The van der Waals surface area contributed by atoms with Crippen LogP contribution in [-0.2, 0) is 11.3 Å². The number of aliphatic hydroxyl groups is 1. The van der Waals surface area contributed by atoms with Gasteiger partial charge in [0.15, 0.2) is 0 Å². The summed E-state index contributed by atoms with van der Waals surface area (Å²) < 4.78 is 13.2. The van der Waals surface area contributed by atoms with Gasteiger partial charge in [0.1, 0.15) is 11.9 Å². The maximum absolute atomic E-state index is 13.2. The summed E-state index contributed by atoms with van der Waals surface area (Å²) in [5, 5.41) is 22.2. The van der Waals surface area contributed by atoms with Crippen molar-refractivity contribution in [2.45, 2.75) is 44.4 Å². The Hall–Kier alpha value is -1.97. The minimum absolute atomic E-state index is 0.0244. The predicted molar refractivity (Wildman–Crippen MR) is 86.3 cm³/mol. The van der Waals surface area contributed by atoms with E-state index in [1.165, 1.54) is 12.1 Å². The number of nitrogens with zero attached hydrogens (tertiary/aromatic N) is 2. The number of hydrogen-bond acceptors (Lipinski definition) is 4. The largest absolute Gasteiger partial charge is 0.383 e. The van der Waals surface area contributed by atoms with Crippen LogP contribution in [-0.4, -0.2) is 41.1 Å². The molecule has 24 heavy (non-hydrogen) atoms. The average Bonchev–Trinajstić information content (AvgIpc) is 3.40. The molecule has 1 saturated carbocycles. The second-order valence-corrected chi connectivity index (χ2v) is 6.75. The van der Waals surface area contributed by atoms with Gasteiger partial charge < -0.3 is 10.4 Å². The van der Waals surface area contributed by atoms with E-state index in [4.69, 9.17) is 5.26 Å². The minimum Gasteiger partial charge on any atom is -0.383 e.